The topological polar surface area (TPSA) is 54.8 Å². The molecule has 1 aromatic heterocycles. The summed E-state index contributed by atoms with van der Waals surface area (Å²) >= 11 is 0. The molecule has 6 heteroatoms. The minimum atomic E-state index is -0.0545. The van der Waals surface area contributed by atoms with Crippen LogP contribution in [0, 0.1) is 0 Å². The number of rotatable bonds is 9. The number of hydrogen-bond donors (Lipinski definition) is 0. The average Bonchev–Trinajstić information content (AvgIpc) is 3.06. The number of fused-ring (bicyclic) bond motifs is 5. The van der Waals surface area contributed by atoms with Gasteiger partial charge in [0.15, 0.2) is 5.78 Å². The molecule has 1 aliphatic rings. The summed E-state index contributed by atoms with van der Waals surface area (Å²) in [6, 6.07) is 13.0. The standard InChI is InChI=1S/C26H31N3O3/c1-27(2)14-8-16-29-24-22-20(12-7-13-21(22)32-17-9-15-28(3)4)25(30)23(24)18-10-5-6-11-19(18)26(29)31/h5-7,10-13H,8-9,14-17H2,1-4H3. The molecule has 0 fully saturated rings. The van der Waals surface area contributed by atoms with Gasteiger partial charge in [0.05, 0.1) is 23.4 Å². The first-order chi connectivity index (χ1) is 15.4. The van der Waals surface area contributed by atoms with E-state index < -0.39 is 0 Å². The van der Waals surface area contributed by atoms with Gasteiger partial charge in [0.1, 0.15) is 5.75 Å². The smallest absolute Gasteiger partial charge is 0.258 e. The van der Waals surface area contributed by atoms with E-state index in [1.54, 1.807) is 4.57 Å². The Bertz CT molecular complexity index is 1210. The number of nitrogens with zero attached hydrogens (tertiary/aromatic N) is 3. The highest BCUT2D eigenvalue weighted by atomic mass is 16.5. The molecular formula is C26H31N3O3. The molecular weight excluding hydrogens is 402 g/mol. The molecule has 0 bridgehead atoms. The number of benzene rings is 2. The molecule has 6 nitrogen and oxygen atoms in total. The largest absolute Gasteiger partial charge is 0.493 e. The Kier molecular flexibility index (Phi) is 6.44. The maximum absolute atomic E-state index is 13.5. The summed E-state index contributed by atoms with van der Waals surface area (Å²) in [5.41, 5.74) is 2.63. The summed E-state index contributed by atoms with van der Waals surface area (Å²) in [5.74, 6) is 0.635. The zero-order chi connectivity index (χ0) is 22.8. The summed E-state index contributed by atoms with van der Waals surface area (Å²) < 4.78 is 7.94. The van der Waals surface area contributed by atoms with E-state index >= 15 is 0 Å². The molecule has 0 N–H and O–H groups in total. The van der Waals surface area contributed by atoms with Crippen molar-refractivity contribution >= 4 is 16.6 Å². The van der Waals surface area contributed by atoms with Crippen LogP contribution in [0.2, 0.25) is 0 Å². The number of aromatic nitrogens is 1. The first-order valence-corrected chi connectivity index (χ1v) is 11.2. The number of pyridine rings is 1. The summed E-state index contributed by atoms with van der Waals surface area (Å²) in [7, 11) is 8.11. The van der Waals surface area contributed by atoms with E-state index in [0.29, 0.717) is 41.1 Å². The quantitative estimate of drug-likeness (QED) is 0.378. The van der Waals surface area contributed by atoms with Gasteiger partial charge < -0.3 is 19.1 Å². The van der Waals surface area contributed by atoms with Gasteiger partial charge in [-0.2, -0.15) is 0 Å². The highest BCUT2D eigenvalue weighted by Gasteiger charge is 2.34. The van der Waals surface area contributed by atoms with Crippen molar-refractivity contribution in [2.24, 2.45) is 0 Å². The van der Waals surface area contributed by atoms with Crippen LogP contribution in [0.1, 0.15) is 28.8 Å². The van der Waals surface area contributed by atoms with Crippen LogP contribution in [-0.4, -0.2) is 68.0 Å². The molecule has 0 amide bonds. The van der Waals surface area contributed by atoms with Crippen molar-refractivity contribution < 1.29 is 9.53 Å². The fourth-order valence-corrected chi connectivity index (χ4v) is 4.43. The summed E-state index contributed by atoms with van der Waals surface area (Å²) in [4.78, 5) is 31.3. The van der Waals surface area contributed by atoms with Crippen molar-refractivity contribution in [2.45, 2.75) is 19.4 Å². The normalized spacial score (nSPS) is 12.6. The first-order valence-electron chi connectivity index (χ1n) is 11.2. The van der Waals surface area contributed by atoms with Crippen molar-refractivity contribution in [1.29, 1.82) is 0 Å². The van der Waals surface area contributed by atoms with Crippen LogP contribution in [0.5, 0.6) is 5.75 Å². The van der Waals surface area contributed by atoms with E-state index in [4.69, 9.17) is 4.74 Å². The molecule has 1 heterocycles. The lowest BCUT2D eigenvalue weighted by molar-refractivity contribution is 0.104. The lowest BCUT2D eigenvalue weighted by Gasteiger charge is -2.18. The van der Waals surface area contributed by atoms with Crippen LogP contribution in [0.3, 0.4) is 0 Å². The van der Waals surface area contributed by atoms with Crippen molar-refractivity contribution in [3.8, 4) is 17.0 Å². The van der Waals surface area contributed by atoms with Crippen LogP contribution < -0.4 is 10.3 Å². The first kappa shape index (κ1) is 22.2. The molecule has 2 aromatic carbocycles. The third-order valence-corrected chi connectivity index (χ3v) is 5.91. The zero-order valence-electron chi connectivity index (χ0n) is 19.4. The summed E-state index contributed by atoms with van der Waals surface area (Å²) in [6.07, 6.45) is 1.69. The van der Waals surface area contributed by atoms with Crippen LogP contribution in [0.15, 0.2) is 47.3 Å². The van der Waals surface area contributed by atoms with Gasteiger partial charge >= 0.3 is 0 Å². The Labute approximate surface area is 189 Å². The van der Waals surface area contributed by atoms with Gasteiger partial charge in [-0.25, -0.2) is 0 Å². The number of carbonyl (C=O) groups excluding carboxylic acids is 1. The minimum absolute atomic E-state index is 0.0358. The van der Waals surface area contributed by atoms with Crippen molar-refractivity contribution in [3.05, 3.63) is 63.9 Å². The van der Waals surface area contributed by atoms with Crippen LogP contribution in [0.25, 0.3) is 22.0 Å². The lowest BCUT2D eigenvalue weighted by atomic mass is 10.0. The van der Waals surface area contributed by atoms with Crippen LogP contribution in [0.4, 0.5) is 0 Å². The van der Waals surface area contributed by atoms with Gasteiger partial charge in [0.2, 0.25) is 0 Å². The van der Waals surface area contributed by atoms with E-state index in [9.17, 15) is 9.59 Å². The predicted octanol–water partition coefficient (Wildman–Crippen LogP) is 3.50. The summed E-state index contributed by atoms with van der Waals surface area (Å²) in [5, 5.41) is 1.31. The average molecular weight is 434 g/mol. The van der Waals surface area contributed by atoms with Crippen molar-refractivity contribution in [3.63, 3.8) is 0 Å². The van der Waals surface area contributed by atoms with Gasteiger partial charge in [0.25, 0.3) is 5.56 Å². The molecule has 32 heavy (non-hydrogen) atoms. The minimum Gasteiger partial charge on any atom is -0.493 e. The fraction of sp³-hybridized carbons (Fsp3) is 0.385. The Hall–Kier alpha value is -2.96. The number of ether oxygens (including phenoxy) is 1. The molecule has 168 valence electrons. The lowest BCUT2D eigenvalue weighted by Crippen LogP contribution is -2.25. The number of carbonyl (C=O) groups is 1. The van der Waals surface area contributed by atoms with Gasteiger partial charge in [-0.05, 0) is 59.7 Å². The summed E-state index contributed by atoms with van der Waals surface area (Å²) in [6.45, 7) is 2.88. The van der Waals surface area contributed by atoms with E-state index in [1.165, 1.54) is 0 Å². The van der Waals surface area contributed by atoms with E-state index in [2.05, 4.69) is 9.80 Å². The highest BCUT2D eigenvalue weighted by molar-refractivity contribution is 6.27. The van der Waals surface area contributed by atoms with Crippen LogP contribution >= 0.6 is 0 Å². The predicted molar refractivity (Wildman–Crippen MR) is 129 cm³/mol. The monoisotopic (exact) mass is 433 g/mol. The molecule has 0 aliphatic heterocycles. The second-order valence-electron chi connectivity index (χ2n) is 8.90. The Balaban J connectivity index is 1.86. The van der Waals surface area contributed by atoms with Gasteiger partial charge in [-0.1, -0.05) is 30.3 Å². The zero-order valence-corrected chi connectivity index (χ0v) is 19.4. The number of hydrogen-bond acceptors (Lipinski definition) is 5. The van der Waals surface area contributed by atoms with E-state index in [0.717, 1.165) is 36.9 Å². The van der Waals surface area contributed by atoms with Crippen molar-refractivity contribution in [2.75, 3.05) is 47.9 Å². The van der Waals surface area contributed by atoms with Crippen LogP contribution in [-0.2, 0) is 6.54 Å². The third kappa shape index (κ3) is 4.08. The van der Waals surface area contributed by atoms with Gasteiger partial charge in [0, 0.05) is 29.4 Å². The van der Waals surface area contributed by atoms with Gasteiger partial charge in [-0.15, -0.1) is 0 Å². The number of ketones is 1. The molecule has 0 radical (unpaired) electrons. The molecule has 3 aromatic rings. The third-order valence-electron chi connectivity index (χ3n) is 5.91. The molecule has 0 saturated heterocycles. The Morgan fingerprint density at radius 3 is 2.22 bits per heavy atom. The molecule has 0 spiro atoms. The van der Waals surface area contributed by atoms with E-state index in [-0.39, 0.29) is 11.3 Å². The Morgan fingerprint density at radius 1 is 0.812 bits per heavy atom. The van der Waals surface area contributed by atoms with Gasteiger partial charge in [-0.3, -0.25) is 9.59 Å². The Morgan fingerprint density at radius 2 is 1.50 bits per heavy atom. The van der Waals surface area contributed by atoms with Crippen molar-refractivity contribution in [1.82, 2.24) is 14.4 Å². The van der Waals surface area contributed by atoms with E-state index in [1.807, 2.05) is 70.7 Å². The maximum atomic E-state index is 13.5. The molecule has 0 unspecified atom stereocenters. The SMILES string of the molecule is CN(C)CCCOc1cccc2c1-c1c(c3ccccc3c(=O)n1CCCN(C)C)C2=O. The molecule has 0 atom stereocenters. The molecule has 1 aliphatic carbocycles. The molecule has 4 rings (SSSR count). The maximum Gasteiger partial charge on any atom is 0.258 e. The highest BCUT2D eigenvalue weighted by Crippen LogP contribution is 2.44. The molecule has 0 saturated carbocycles. The second-order valence-corrected chi connectivity index (χ2v) is 8.90. The fourth-order valence-electron chi connectivity index (χ4n) is 4.43. The second kappa shape index (κ2) is 9.27.